The van der Waals surface area contributed by atoms with Crippen molar-refractivity contribution in [2.75, 3.05) is 6.61 Å². The van der Waals surface area contributed by atoms with Crippen molar-refractivity contribution in [3.05, 3.63) is 34.6 Å². The Bertz CT molecular complexity index is 436. The SMILES string of the molecule is CCOC1(C(O)Cc2c(F)cccc2Cl)CCCCCC1. The first-order valence-electron chi connectivity index (χ1n) is 7.84. The van der Waals surface area contributed by atoms with Crippen molar-refractivity contribution in [2.45, 2.75) is 63.6 Å². The van der Waals surface area contributed by atoms with E-state index >= 15 is 0 Å². The summed E-state index contributed by atoms with van der Waals surface area (Å²) in [6, 6.07) is 4.62. The van der Waals surface area contributed by atoms with Crippen molar-refractivity contribution in [1.29, 1.82) is 0 Å². The average Bonchev–Trinajstić information content (AvgIpc) is 2.70. The Morgan fingerprint density at radius 2 is 1.95 bits per heavy atom. The standard InChI is InChI=1S/C17H24ClFO2/c1-2-21-17(10-5-3-4-6-11-17)16(20)12-13-14(18)8-7-9-15(13)19/h7-9,16,20H,2-6,10-12H2,1H3. The average molecular weight is 315 g/mol. The van der Waals surface area contributed by atoms with E-state index in [9.17, 15) is 9.50 Å². The molecule has 0 radical (unpaired) electrons. The fraction of sp³-hybridized carbons (Fsp3) is 0.647. The van der Waals surface area contributed by atoms with Gasteiger partial charge >= 0.3 is 0 Å². The van der Waals surface area contributed by atoms with Crippen LogP contribution in [-0.2, 0) is 11.2 Å². The van der Waals surface area contributed by atoms with Crippen LogP contribution in [0.3, 0.4) is 0 Å². The Hall–Kier alpha value is -0.640. The molecule has 1 fully saturated rings. The highest BCUT2D eigenvalue weighted by atomic mass is 35.5. The van der Waals surface area contributed by atoms with Gasteiger partial charge in [-0.25, -0.2) is 4.39 Å². The van der Waals surface area contributed by atoms with Gasteiger partial charge in [-0.3, -0.25) is 0 Å². The summed E-state index contributed by atoms with van der Waals surface area (Å²) in [6.45, 7) is 2.50. The number of hydrogen-bond acceptors (Lipinski definition) is 2. The van der Waals surface area contributed by atoms with E-state index in [1.54, 1.807) is 12.1 Å². The Kier molecular flexibility index (Phi) is 6.03. The van der Waals surface area contributed by atoms with Crippen LogP contribution in [0.25, 0.3) is 0 Å². The minimum absolute atomic E-state index is 0.200. The van der Waals surface area contributed by atoms with Crippen molar-refractivity contribution in [2.24, 2.45) is 0 Å². The van der Waals surface area contributed by atoms with Crippen LogP contribution in [-0.4, -0.2) is 23.4 Å². The Morgan fingerprint density at radius 3 is 2.52 bits per heavy atom. The van der Waals surface area contributed by atoms with Crippen molar-refractivity contribution in [3.63, 3.8) is 0 Å². The summed E-state index contributed by atoms with van der Waals surface area (Å²) in [6.07, 6.45) is 5.55. The molecule has 0 spiro atoms. The number of benzene rings is 1. The van der Waals surface area contributed by atoms with Crippen LogP contribution >= 0.6 is 11.6 Å². The fourth-order valence-electron chi connectivity index (χ4n) is 3.29. The maximum atomic E-state index is 13.9. The van der Waals surface area contributed by atoms with Gasteiger partial charge in [0.05, 0.1) is 11.7 Å². The van der Waals surface area contributed by atoms with Crippen molar-refractivity contribution < 1.29 is 14.2 Å². The predicted molar refractivity (Wildman–Crippen MR) is 83.2 cm³/mol. The zero-order valence-corrected chi connectivity index (χ0v) is 13.3. The van der Waals surface area contributed by atoms with Gasteiger partial charge < -0.3 is 9.84 Å². The summed E-state index contributed by atoms with van der Waals surface area (Å²) in [5.41, 5.74) is -0.174. The summed E-state index contributed by atoms with van der Waals surface area (Å²) in [5, 5.41) is 11.1. The monoisotopic (exact) mass is 314 g/mol. The lowest BCUT2D eigenvalue weighted by molar-refractivity contribution is -0.128. The van der Waals surface area contributed by atoms with Gasteiger partial charge in [-0.2, -0.15) is 0 Å². The third-order valence-electron chi connectivity index (χ3n) is 4.45. The second-order valence-corrected chi connectivity index (χ2v) is 6.24. The molecule has 4 heteroatoms. The number of halogens is 2. The maximum Gasteiger partial charge on any atom is 0.127 e. The first kappa shape index (κ1) is 16.7. The van der Waals surface area contributed by atoms with Crippen LogP contribution in [0.4, 0.5) is 4.39 Å². The Morgan fingerprint density at radius 1 is 1.29 bits per heavy atom. The van der Waals surface area contributed by atoms with Gasteiger partial charge in [0.25, 0.3) is 0 Å². The molecule has 0 amide bonds. The van der Waals surface area contributed by atoms with Crippen molar-refractivity contribution in [3.8, 4) is 0 Å². The molecule has 0 saturated heterocycles. The van der Waals surface area contributed by atoms with E-state index in [1.165, 1.54) is 18.9 Å². The van der Waals surface area contributed by atoms with Gasteiger partial charge in [0.1, 0.15) is 5.82 Å². The number of hydrogen-bond donors (Lipinski definition) is 1. The second-order valence-electron chi connectivity index (χ2n) is 5.83. The summed E-state index contributed by atoms with van der Waals surface area (Å²) < 4.78 is 19.9. The number of aliphatic hydroxyl groups is 1. The molecule has 0 aromatic heterocycles. The molecular weight excluding hydrogens is 291 g/mol. The number of ether oxygens (including phenoxy) is 1. The molecule has 1 atom stereocenters. The zero-order chi connectivity index (χ0) is 15.3. The summed E-state index contributed by atoms with van der Waals surface area (Å²) in [5.74, 6) is -0.359. The van der Waals surface area contributed by atoms with E-state index in [2.05, 4.69) is 0 Å². The molecule has 21 heavy (non-hydrogen) atoms. The van der Waals surface area contributed by atoms with Crippen molar-refractivity contribution >= 4 is 11.6 Å². The molecule has 1 aromatic carbocycles. The molecule has 1 unspecified atom stereocenters. The molecule has 2 rings (SSSR count). The first-order chi connectivity index (χ1) is 10.1. The fourth-order valence-corrected chi connectivity index (χ4v) is 3.54. The largest absolute Gasteiger partial charge is 0.390 e. The van der Waals surface area contributed by atoms with Crippen LogP contribution < -0.4 is 0 Å². The lowest BCUT2D eigenvalue weighted by Crippen LogP contribution is -2.46. The highest BCUT2D eigenvalue weighted by Crippen LogP contribution is 2.36. The molecule has 1 saturated carbocycles. The summed E-state index contributed by atoms with van der Waals surface area (Å²) in [4.78, 5) is 0. The Balaban J connectivity index is 2.20. The lowest BCUT2D eigenvalue weighted by Gasteiger charge is -2.37. The smallest absolute Gasteiger partial charge is 0.127 e. The van der Waals surface area contributed by atoms with Crippen molar-refractivity contribution in [1.82, 2.24) is 0 Å². The zero-order valence-electron chi connectivity index (χ0n) is 12.6. The summed E-state index contributed by atoms with van der Waals surface area (Å²) >= 11 is 6.08. The highest BCUT2D eigenvalue weighted by molar-refractivity contribution is 6.31. The normalized spacial score (nSPS) is 20.0. The third-order valence-corrected chi connectivity index (χ3v) is 4.80. The van der Waals surface area contributed by atoms with E-state index in [1.807, 2.05) is 6.92 Å². The van der Waals surface area contributed by atoms with Gasteiger partial charge in [0.15, 0.2) is 0 Å². The van der Waals surface area contributed by atoms with E-state index < -0.39 is 11.7 Å². The third kappa shape index (κ3) is 3.97. The molecule has 0 aliphatic heterocycles. The van der Waals surface area contributed by atoms with Gasteiger partial charge in [0.2, 0.25) is 0 Å². The molecule has 1 N–H and O–H groups in total. The molecule has 118 valence electrons. The molecular formula is C17H24ClFO2. The highest BCUT2D eigenvalue weighted by Gasteiger charge is 2.39. The topological polar surface area (TPSA) is 29.5 Å². The minimum atomic E-state index is -0.732. The van der Waals surface area contributed by atoms with E-state index in [-0.39, 0.29) is 12.2 Å². The quantitative estimate of drug-likeness (QED) is 0.810. The second kappa shape index (κ2) is 7.57. The lowest BCUT2D eigenvalue weighted by atomic mass is 9.84. The van der Waals surface area contributed by atoms with Crippen LogP contribution in [0.2, 0.25) is 5.02 Å². The van der Waals surface area contributed by atoms with Gasteiger partial charge in [-0.05, 0) is 31.9 Å². The molecule has 0 bridgehead atoms. The van der Waals surface area contributed by atoms with Gasteiger partial charge in [-0.1, -0.05) is 43.4 Å². The van der Waals surface area contributed by atoms with E-state index in [0.29, 0.717) is 17.2 Å². The maximum absolute atomic E-state index is 13.9. The van der Waals surface area contributed by atoms with E-state index in [0.717, 1.165) is 25.7 Å². The Labute approximate surface area is 131 Å². The summed E-state index contributed by atoms with van der Waals surface area (Å²) in [7, 11) is 0. The molecule has 2 nitrogen and oxygen atoms in total. The number of rotatable bonds is 5. The minimum Gasteiger partial charge on any atom is -0.390 e. The molecule has 1 aromatic rings. The van der Waals surface area contributed by atoms with Crippen LogP contribution in [0.15, 0.2) is 18.2 Å². The van der Waals surface area contributed by atoms with Crippen LogP contribution in [0.1, 0.15) is 51.0 Å². The first-order valence-corrected chi connectivity index (χ1v) is 8.22. The van der Waals surface area contributed by atoms with Gasteiger partial charge in [0, 0.05) is 23.6 Å². The number of aliphatic hydroxyl groups excluding tert-OH is 1. The van der Waals surface area contributed by atoms with Crippen LogP contribution in [0, 0.1) is 5.82 Å². The van der Waals surface area contributed by atoms with Crippen LogP contribution in [0.5, 0.6) is 0 Å². The molecule has 0 heterocycles. The molecule has 1 aliphatic carbocycles. The molecule has 1 aliphatic rings. The van der Waals surface area contributed by atoms with E-state index in [4.69, 9.17) is 16.3 Å². The predicted octanol–water partition coefficient (Wildman–Crippen LogP) is 4.51. The van der Waals surface area contributed by atoms with Gasteiger partial charge in [-0.15, -0.1) is 0 Å².